The lowest BCUT2D eigenvalue weighted by molar-refractivity contribution is -0.144. The SMILES string of the molecule is CC(C)(C)OC(=O)N1CCN([C@@H](C(=O)O)c2cn(CC(=O)O)c3cc(F)ccc23)CC1. The van der Waals surface area contributed by atoms with E-state index in [-0.39, 0.29) is 0 Å². The Balaban J connectivity index is 1.87. The first-order valence-electron chi connectivity index (χ1n) is 9.91. The van der Waals surface area contributed by atoms with E-state index in [1.54, 1.807) is 25.7 Å². The molecule has 10 heteroatoms. The summed E-state index contributed by atoms with van der Waals surface area (Å²) in [6, 6.07) is 2.81. The van der Waals surface area contributed by atoms with E-state index < -0.39 is 42.0 Å². The molecule has 0 radical (unpaired) electrons. The van der Waals surface area contributed by atoms with Crippen LogP contribution < -0.4 is 0 Å². The maximum Gasteiger partial charge on any atom is 0.410 e. The fourth-order valence-corrected chi connectivity index (χ4v) is 3.76. The Morgan fingerprint density at radius 1 is 1.13 bits per heavy atom. The van der Waals surface area contributed by atoms with Gasteiger partial charge in [-0.3, -0.25) is 14.5 Å². The number of piperazine rings is 1. The van der Waals surface area contributed by atoms with Gasteiger partial charge in [-0.15, -0.1) is 0 Å². The predicted molar refractivity (Wildman–Crippen MR) is 109 cm³/mol. The zero-order valence-electron chi connectivity index (χ0n) is 17.7. The van der Waals surface area contributed by atoms with Crippen molar-refractivity contribution in [3.8, 4) is 0 Å². The molecule has 3 rings (SSSR count). The van der Waals surface area contributed by atoms with Gasteiger partial charge in [0.05, 0.1) is 5.52 Å². The van der Waals surface area contributed by atoms with Gasteiger partial charge >= 0.3 is 18.0 Å². The summed E-state index contributed by atoms with van der Waals surface area (Å²) in [5.74, 6) is -2.77. The van der Waals surface area contributed by atoms with E-state index in [1.807, 2.05) is 0 Å². The van der Waals surface area contributed by atoms with Gasteiger partial charge in [-0.1, -0.05) is 0 Å². The summed E-state index contributed by atoms with van der Waals surface area (Å²) in [5.41, 5.74) is 0.0736. The third-order valence-electron chi connectivity index (χ3n) is 5.04. The lowest BCUT2D eigenvalue weighted by Gasteiger charge is -2.38. The summed E-state index contributed by atoms with van der Waals surface area (Å²) in [5, 5.41) is 19.6. The molecule has 2 heterocycles. The second-order valence-electron chi connectivity index (χ2n) is 8.51. The average Bonchev–Trinajstić information content (AvgIpc) is 2.97. The summed E-state index contributed by atoms with van der Waals surface area (Å²) in [6.07, 6.45) is 1.00. The highest BCUT2D eigenvalue weighted by molar-refractivity contribution is 5.90. The smallest absolute Gasteiger partial charge is 0.410 e. The minimum atomic E-state index is -1.12. The first kappa shape index (κ1) is 22.5. The number of carbonyl (C=O) groups is 3. The van der Waals surface area contributed by atoms with Crippen LogP contribution in [0.25, 0.3) is 10.9 Å². The molecule has 1 atom stereocenters. The van der Waals surface area contributed by atoms with Crippen molar-refractivity contribution in [2.45, 2.75) is 39.0 Å². The van der Waals surface area contributed by atoms with Gasteiger partial charge in [-0.05, 0) is 39.0 Å². The van der Waals surface area contributed by atoms with Crippen molar-refractivity contribution >= 4 is 28.9 Å². The van der Waals surface area contributed by atoms with E-state index in [9.17, 15) is 29.0 Å². The van der Waals surface area contributed by atoms with E-state index >= 15 is 0 Å². The number of fused-ring (bicyclic) bond motifs is 1. The third kappa shape index (κ3) is 5.13. The van der Waals surface area contributed by atoms with Crippen LogP contribution in [0.5, 0.6) is 0 Å². The largest absolute Gasteiger partial charge is 0.480 e. The number of ether oxygens (including phenoxy) is 1. The summed E-state index contributed by atoms with van der Waals surface area (Å²) in [4.78, 5) is 38.9. The van der Waals surface area contributed by atoms with Crippen molar-refractivity contribution in [1.82, 2.24) is 14.4 Å². The topological polar surface area (TPSA) is 112 Å². The molecule has 1 amide bonds. The number of hydrogen-bond donors (Lipinski definition) is 2. The Morgan fingerprint density at radius 3 is 2.32 bits per heavy atom. The number of amides is 1. The molecule has 2 aromatic rings. The number of carboxylic acids is 2. The molecule has 31 heavy (non-hydrogen) atoms. The van der Waals surface area contributed by atoms with Gasteiger partial charge in [0.15, 0.2) is 0 Å². The van der Waals surface area contributed by atoms with Crippen LogP contribution in [0.2, 0.25) is 0 Å². The minimum Gasteiger partial charge on any atom is -0.480 e. The van der Waals surface area contributed by atoms with Crippen LogP contribution in [-0.2, 0) is 20.9 Å². The molecule has 1 fully saturated rings. The van der Waals surface area contributed by atoms with E-state index in [4.69, 9.17) is 4.74 Å². The first-order chi connectivity index (χ1) is 14.5. The second-order valence-corrected chi connectivity index (χ2v) is 8.51. The minimum absolute atomic E-state index is 0.293. The predicted octanol–water partition coefficient (Wildman–Crippen LogP) is 2.54. The Labute approximate surface area is 178 Å². The van der Waals surface area contributed by atoms with Crippen LogP contribution in [0.4, 0.5) is 9.18 Å². The number of benzene rings is 1. The van der Waals surface area contributed by atoms with Crippen LogP contribution in [0.15, 0.2) is 24.4 Å². The lowest BCUT2D eigenvalue weighted by atomic mass is 10.0. The van der Waals surface area contributed by atoms with Gasteiger partial charge in [0.1, 0.15) is 24.0 Å². The second kappa shape index (κ2) is 8.54. The molecular weight excluding hydrogens is 409 g/mol. The fourth-order valence-electron chi connectivity index (χ4n) is 3.76. The highest BCUT2D eigenvalue weighted by atomic mass is 19.1. The standard InChI is InChI=1S/C21H26FN3O6/c1-21(2,3)31-20(30)24-8-6-23(7-9-24)18(19(28)29)15-11-25(12-17(26)27)16-10-13(22)4-5-14(15)16/h4-5,10-11,18H,6-9,12H2,1-3H3,(H,26,27)(H,28,29)/t18-/m1/s1. The Bertz CT molecular complexity index is 1000. The number of carboxylic acid groups (broad SMARTS) is 2. The van der Waals surface area contributed by atoms with E-state index in [2.05, 4.69) is 0 Å². The van der Waals surface area contributed by atoms with Gasteiger partial charge < -0.3 is 24.4 Å². The van der Waals surface area contributed by atoms with E-state index in [0.29, 0.717) is 42.6 Å². The molecule has 0 aliphatic carbocycles. The van der Waals surface area contributed by atoms with Crippen molar-refractivity contribution in [1.29, 1.82) is 0 Å². The number of rotatable bonds is 5. The Kier molecular flexibility index (Phi) is 6.21. The Hall–Kier alpha value is -3.14. The maximum atomic E-state index is 13.8. The van der Waals surface area contributed by atoms with Crippen molar-refractivity contribution in [2.24, 2.45) is 0 Å². The van der Waals surface area contributed by atoms with Gasteiger partial charge in [-0.2, -0.15) is 0 Å². The Morgan fingerprint density at radius 2 is 1.77 bits per heavy atom. The fraction of sp³-hybridized carbons (Fsp3) is 0.476. The highest BCUT2D eigenvalue weighted by Crippen LogP contribution is 2.32. The van der Waals surface area contributed by atoms with Crippen LogP contribution in [0, 0.1) is 5.82 Å². The van der Waals surface area contributed by atoms with Gasteiger partial charge in [-0.25, -0.2) is 9.18 Å². The van der Waals surface area contributed by atoms with Crippen molar-refractivity contribution in [2.75, 3.05) is 26.2 Å². The molecule has 0 saturated carbocycles. The number of nitrogens with zero attached hydrogens (tertiary/aromatic N) is 3. The molecule has 9 nitrogen and oxygen atoms in total. The van der Waals surface area contributed by atoms with Crippen molar-refractivity contribution in [3.63, 3.8) is 0 Å². The molecule has 0 spiro atoms. The number of hydrogen-bond acceptors (Lipinski definition) is 5. The van der Waals surface area contributed by atoms with Crippen LogP contribution in [-0.4, -0.2) is 74.4 Å². The summed E-state index contributed by atoms with van der Waals surface area (Å²) in [6.45, 7) is 6.08. The molecule has 1 aliphatic rings. The van der Waals surface area contributed by atoms with Gasteiger partial charge in [0.2, 0.25) is 0 Å². The summed E-state index contributed by atoms with van der Waals surface area (Å²) >= 11 is 0. The van der Waals surface area contributed by atoms with Crippen LogP contribution in [0.3, 0.4) is 0 Å². The lowest BCUT2D eigenvalue weighted by Crippen LogP contribution is -2.51. The normalized spacial score (nSPS) is 16.3. The molecule has 0 unspecified atom stereocenters. The number of aliphatic carboxylic acids is 2. The van der Waals surface area contributed by atoms with Crippen molar-refractivity contribution < 1.29 is 33.7 Å². The molecule has 2 N–H and O–H groups in total. The molecule has 1 saturated heterocycles. The van der Waals surface area contributed by atoms with Gasteiger partial charge in [0, 0.05) is 43.3 Å². The quantitative estimate of drug-likeness (QED) is 0.742. The van der Waals surface area contributed by atoms with Gasteiger partial charge in [0.25, 0.3) is 0 Å². The molecular formula is C21H26FN3O6. The van der Waals surface area contributed by atoms with Crippen molar-refractivity contribution in [3.05, 3.63) is 35.8 Å². The summed E-state index contributed by atoms with van der Waals surface area (Å²) < 4.78 is 20.5. The van der Waals surface area contributed by atoms with Crippen LogP contribution >= 0.6 is 0 Å². The zero-order valence-corrected chi connectivity index (χ0v) is 17.7. The van der Waals surface area contributed by atoms with Crippen LogP contribution in [0.1, 0.15) is 32.4 Å². The molecule has 168 valence electrons. The maximum absolute atomic E-state index is 13.8. The molecule has 0 bridgehead atoms. The molecule has 1 aliphatic heterocycles. The number of halogens is 1. The number of aromatic nitrogens is 1. The average molecular weight is 435 g/mol. The molecule has 1 aromatic heterocycles. The monoisotopic (exact) mass is 435 g/mol. The summed E-state index contributed by atoms with van der Waals surface area (Å²) in [7, 11) is 0. The zero-order chi connectivity index (χ0) is 22.9. The third-order valence-corrected chi connectivity index (χ3v) is 5.04. The molecule has 1 aromatic carbocycles. The van der Waals surface area contributed by atoms with E-state index in [1.165, 1.54) is 33.9 Å². The highest BCUT2D eigenvalue weighted by Gasteiger charge is 2.34. The van der Waals surface area contributed by atoms with E-state index in [0.717, 1.165) is 0 Å². The first-order valence-corrected chi connectivity index (χ1v) is 9.91. The number of carbonyl (C=O) groups excluding carboxylic acids is 1.